The van der Waals surface area contributed by atoms with E-state index < -0.39 is 0 Å². The lowest BCUT2D eigenvalue weighted by Crippen LogP contribution is -2.39. The van der Waals surface area contributed by atoms with Gasteiger partial charge in [0.2, 0.25) is 5.91 Å². The second-order valence-corrected chi connectivity index (χ2v) is 6.61. The van der Waals surface area contributed by atoms with Gasteiger partial charge in [-0.3, -0.25) is 4.79 Å². The minimum Gasteiger partial charge on any atom is -0.345 e. The van der Waals surface area contributed by atoms with Crippen molar-refractivity contribution in [3.8, 4) is 11.4 Å². The smallest absolute Gasteiger partial charge is 0.241 e. The number of hydrogen-bond acceptors (Lipinski definition) is 3. The minimum atomic E-state index is -0.0483. The fourth-order valence-corrected chi connectivity index (χ4v) is 3.89. The van der Waals surface area contributed by atoms with Gasteiger partial charge >= 0.3 is 0 Å². The van der Waals surface area contributed by atoms with E-state index in [1.165, 1.54) is 25.7 Å². The maximum absolute atomic E-state index is 12.5. The third kappa shape index (κ3) is 4.35. The molecule has 3 atom stereocenters. The van der Waals surface area contributed by atoms with Gasteiger partial charge in [0, 0.05) is 29.7 Å². The number of H-pyrrole nitrogens is 1. The van der Waals surface area contributed by atoms with Crippen LogP contribution in [-0.4, -0.2) is 28.0 Å². The van der Waals surface area contributed by atoms with Crippen molar-refractivity contribution in [2.24, 2.45) is 5.92 Å². The van der Waals surface area contributed by atoms with E-state index in [0.717, 1.165) is 23.5 Å². The minimum absolute atomic E-state index is 0. The number of imidazole rings is 1. The summed E-state index contributed by atoms with van der Waals surface area (Å²) in [5, 5.41) is 6.55. The molecular formula is C18H24Cl2N4O. The van der Waals surface area contributed by atoms with Crippen molar-refractivity contribution in [3.05, 3.63) is 36.7 Å². The number of amides is 1. The zero-order valence-electron chi connectivity index (χ0n) is 13.9. The Labute approximate surface area is 160 Å². The molecule has 5 nitrogen and oxygen atoms in total. The highest BCUT2D eigenvalue weighted by atomic mass is 35.5. The number of fused-ring (bicyclic) bond motifs is 1. The van der Waals surface area contributed by atoms with Crippen molar-refractivity contribution in [3.63, 3.8) is 0 Å². The Kier molecular flexibility index (Phi) is 6.87. The molecule has 136 valence electrons. The predicted molar refractivity (Wildman–Crippen MR) is 104 cm³/mol. The standard InChI is InChI=1S/C18H22N4O.2ClH/c23-18(16-11-13-3-1-2-4-15(13)22-16)21-14-7-5-12(6-8-14)17-19-9-10-20-17;;/h5-10,13,15-16,22H,1-4,11H2,(H,19,20)(H,21,23);2*1H. The summed E-state index contributed by atoms with van der Waals surface area (Å²) < 4.78 is 0. The van der Waals surface area contributed by atoms with Crippen LogP contribution in [0.5, 0.6) is 0 Å². The maximum Gasteiger partial charge on any atom is 0.241 e. The van der Waals surface area contributed by atoms with Crippen molar-refractivity contribution < 1.29 is 4.79 Å². The number of carbonyl (C=O) groups excluding carboxylic acids is 1. The number of hydrogen-bond donors (Lipinski definition) is 3. The first-order valence-electron chi connectivity index (χ1n) is 8.46. The van der Waals surface area contributed by atoms with Gasteiger partial charge in [-0.05, 0) is 49.4 Å². The molecule has 25 heavy (non-hydrogen) atoms. The van der Waals surface area contributed by atoms with E-state index in [2.05, 4.69) is 20.6 Å². The van der Waals surface area contributed by atoms with Crippen LogP contribution in [0.1, 0.15) is 32.1 Å². The Morgan fingerprint density at radius 3 is 2.56 bits per heavy atom. The molecule has 1 aliphatic carbocycles. The van der Waals surface area contributed by atoms with E-state index in [0.29, 0.717) is 12.0 Å². The van der Waals surface area contributed by atoms with E-state index in [-0.39, 0.29) is 36.8 Å². The number of benzene rings is 1. The molecule has 0 radical (unpaired) electrons. The maximum atomic E-state index is 12.5. The van der Waals surface area contributed by atoms with E-state index in [1.807, 2.05) is 24.3 Å². The van der Waals surface area contributed by atoms with Crippen LogP contribution < -0.4 is 10.6 Å². The first-order valence-corrected chi connectivity index (χ1v) is 8.46. The molecule has 1 aliphatic heterocycles. The molecule has 1 saturated heterocycles. The molecule has 1 aromatic carbocycles. The molecule has 4 rings (SSSR count). The van der Waals surface area contributed by atoms with Crippen LogP contribution >= 0.6 is 24.8 Å². The number of halogens is 2. The van der Waals surface area contributed by atoms with Gasteiger partial charge < -0.3 is 15.6 Å². The van der Waals surface area contributed by atoms with Crippen LogP contribution in [0.25, 0.3) is 11.4 Å². The Morgan fingerprint density at radius 1 is 1.12 bits per heavy atom. The summed E-state index contributed by atoms with van der Waals surface area (Å²) in [6.45, 7) is 0. The number of rotatable bonds is 3. The highest BCUT2D eigenvalue weighted by Crippen LogP contribution is 2.33. The van der Waals surface area contributed by atoms with Gasteiger partial charge in [-0.15, -0.1) is 24.8 Å². The zero-order valence-corrected chi connectivity index (χ0v) is 15.5. The second kappa shape index (κ2) is 8.70. The van der Waals surface area contributed by atoms with Gasteiger partial charge in [0.1, 0.15) is 5.82 Å². The third-order valence-electron chi connectivity index (χ3n) is 5.10. The Morgan fingerprint density at radius 2 is 1.88 bits per heavy atom. The molecule has 2 aliphatic rings. The molecule has 0 bridgehead atoms. The van der Waals surface area contributed by atoms with Crippen molar-refractivity contribution in [1.29, 1.82) is 0 Å². The number of aromatic nitrogens is 2. The zero-order chi connectivity index (χ0) is 15.6. The lowest BCUT2D eigenvalue weighted by atomic mass is 9.85. The van der Waals surface area contributed by atoms with Gasteiger partial charge in [0.25, 0.3) is 0 Å². The van der Waals surface area contributed by atoms with E-state index in [9.17, 15) is 4.79 Å². The monoisotopic (exact) mass is 382 g/mol. The number of nitrogens with zero attached hydrogens (tertiary/aromatic N) is 1. The molecular weight excluding hydrogens is 359 g/mol. The van der Waals surface area contributed by atoms with Crippen molar-refractivity contribution in [1.82, 2.24) is 15.3 Å². The Hall–Kier alpha value is -1.56. The van der Waals surface area contributed by atoms with Crippen molar-refractivity contribution in [2.45, 2.75) is 44.2 Å². The molecule has 3 unspecified atom stereocenters. The normalized spacial score (nSPS) is 24.6. The lowest BCUT2D eigenvalue weighted by Gasteiger charge is -2.24. The quantitative estimate of drug-likeness (QED) is 0.756. The van der Waals surface area contributed by atoms with E-state index in [4.69, 9.17) is 0 Å². The summed E-state index contributed by atoms with van der Waals surface area (Å²) in [7, 11) is 0. The van der Waals surface area contributed by atoms with Crippen LogP contribution in [0.2, 0.25) is 0 Å². The average molecular weight is 383 g/mol. The fourth-order valence-electron chi connectivity index (χ4n) is 3.89. The highest BCUT2D eigenvalue weighted by molar-refractivity contribution is 5.95. The number of carbonyl (C=O) groups is 1. The summed E-state index contributed by atoms with van der Waals surface area (Å²) in [6.07, 6.45) is 9.58. The van der Waals surface area contributed by atoms with Crippen LogP contribution in [-0.2, 0) is 4.79 Å². The Bertz CT molecular complexity index is 661. The molecule has 2 heterocycles. The fraction of sp³-hybridized carbons (Fsp3) is 0.444. The van der Waals surface area contributed by atoms with Gasteiger partial charge in [0.15, 0.2) is 0 Å². The number of anilines is 1. The van der Waals surface area contributed by atoms with Crippen LogP contribution in [0.4, 0.5) is 5.69 Å². The molecule has 1 saturated carbocycles. The Balaban J connectivity index is 0.00000113. The molecule has 0 spiro atoms. The predicted octanol–water partition coefficient (Wildman–Crippen LogP) is 3.78. The summed E-state index contributed by atoms with van der Waals surface area (Å²) in [4.78, 5) is 19.8. The first-order chi connectivity index (χ1) is 11.3. The lowest BCUT2D eigenvalue weighted by molar-refractivity contribution is -0.117. The van der Waals surface area contributed by atoms with Gasteiger partial charge in [-0.25, -0.2) is 4.98 Å². The van der Waals surface area contributed by atoms with E-state index in [1.54, 1.807) is 12.4 Å². The molecule has 3 N–H and O–H groups in total. The van der Waals surface area contributed by atoms with Gasteiger partial charge in [0.05, 0.1) is 6.04 Å². The summed E-state index contributed by atoms with van der Waals surface area (Å²) in [5.41, 5.74) is 1.85. The molecule has 7 heteroatoms. The average Bonchev–Trinajstić information content (AvgIpc) is 3.25. The van der Waals surface area contributed by atoms with Crippen LogP contribution in [0.3, 0.4) is 0 Å². The largest absolute Gasteiger partial charge is 0.345 e. The summed E-state index contributed by atoms with van der Waals surface area (Å²) >= 11 is 0. The van der Waals surface area contributed by atoms with E-state index >= 15 is 0 Å². The topological polar surface area (TPSA) is 69.8 Å². The highest BCUT2D eigenvalue weighted by Gasteiger charge is 2.38. The van der Waals surface area contributed by atoms with Crippen LogP contribution in [0.15, 0.2) is 36.7 Å². The number of nitrogens with one attached hydrogen (secondary N) is 3. The summed E-state index contributed by atoms with van der Waals surface area (Å²) in [5.74, 6) is 1.61. The number of aromatic amines is 1. The SMILES string of the molecule is Cl.Cl.O=C(Nc1ccc(-c2ncc[nH]2)cc1)C1CC2CCCCC2N1. The summed E-state index contributed by atoms with van der Waals surface area (Å²) in [6, 6.07) is 8.29. The van der Waals surface area contributed by atoms with Crippen molar-refractivity contribution in [2.75, 3.05) is 5.32 Å². The first kappa shape index (κ1) is 19.8. The van der Waals surface area contributed by atoms with Crippen molar-refractivity contribution >= 4 is 36.4 Å². The molecule has 1 amide bonds. The third-order valence-corrected chi connectivity index (χ3v) is 5.10. The van der Waals surface area contributed by atoms with Gasteiger partial charge in [-0.2, -0.15) is 0 Å². The van der Waals surface area contributed by atoms with Crippen LogP contribution in [0, 0.1) is 5.92 Å². The molecule has 2 fully saturated rings. The molecule has 1 aromatic heterocycles. The molecule has 2 aromatic rings. The van der Waals surface area contributed by atoms with Gasteiger partial charge in [-0.1, -0.05) is 12.8 Å². The second-order valence-electron chi connectivity index (χ2n) is 6.61.